The Kier molecular flexibility index (Phi) is 4.20. The maximum atomic E-state index is 1.50. The van der Waals surface area contributed by atoms with Crippen molar-refractivity contribution in [3.63, 3.8) is 0 Å². The quantitative estimate of drug-likeness (QED) is 0.533. The minimum atomic E-state index is 0. The maximum absolute atomic E-state index is 1.50. The van der Waals surface area contributed by atoms with E-state index in [-0.39, 0.29) is 5.48 Å². The highest BCUT2D eigenvalue weighted by Gasteiger charge is 2.29. The molecule has 0 aromatic heterocycles. The minimum Gasteiger partial charge on any atom is -0.870 e. The Morgan fingerprint density at radius 2 is 0.769 bits per heavy atom. The molecule has 2 rings (SSSR count). The highest BCUT2D eigenvalue weighted by Crippen LogP contribution is 2.24. The van der Waals surface area contributed by atoms with E-state index in [0.29, 0.717) is 0 Å². The van der Waals surface area contributed by atoms with Crippen molar-refractivity contribution in [3.05, 3.63) is 0 Å². The average molecular weight is 185 g/mol. The highest BCUT2D eigenvalue weighted by atomic mass is 16.0. The molecular formula is C11H23NO. The molecule has 0 unspecified atom stereocenters. The van der Waals surface area contributed by atoms with Crippen LogP contribution in [0.5, 0.6) is 0 Å². The van der Waals surface area contributed by atoms with Gasteiger partial charge < -0.3 is 9.96 Å². The molecule has 2 aliphatic heterocycles. The molecule has 1 spiro atoms. The van der Waals surface area contributed by atoms with Crippen LogP contribution in [0.1, 0.15) is 44.9 Å². The average Bonchev–Trinajstić information content (AvgIpc) is 2.33. The monoisotopic (exact) mass is 185 g/mol. The zero-order chi connectivity index (χ0) is 8.28. The van der Waals surface area contributed by atoms with Crippen LogP contribution >= 0.6 is 0 Å². The largest absolute Gasteiger partial charge is 0.870 e. The van der Waals surface area contributed by atoms with Gasteiger partial charge in [-0.25, -0.2) is 0 Å². The number of nitrogens with zero attached hydrogens (tertiary/aromatic N) is 1. The Bertz CT molecular complexity index is 131. The van der Waals surface area contributed by atoms with E-state index in [1.807, 2.05) is 0 Å². The second kappa shape index (κ2) is 4.97. The van der Waals surface area contributed by atoms with Crippen LogP contribution < -0.4 is 0 Å². The van der Waals surface area contributed by atoms with Gasteiger partial charge in [-0.1, -0.05) is 0 Å². The van der Waals surface area contributed by atoms with Crippen LogP contribution in [0.15, 0.2) is 0 Å². The van der Waals surface area contributed by atoms with Gasteiger partial charge >= 0.3 is 0 Å². The standard InChI is InChI=1S/C11H22N.H2O/c1-2-5-9-12(8-4-1)10-6-3-7-11-12;/h1-11H2;1H2/q+1;/p-1. The number of piperidine rings is 1. The van der Waals surface area contributed by atoms with Crippen molar-refractivity contribution in [1.82, 2.24) is 0 Å². The number of quaternary nitrogens is 1. The van der Waals surface area contributed by atoms with Crippen molar-refractivity contribution < 1.29 is 9.96 Å². The Hall–Kier alpha value is -0.0800. The summed E-state index contributed by atoms with van der Waals surface area (Å²) in [5.41, 5.74) is 0. The molecule has 0 aromatic rings. The number of rotatable bonds is 0. The summed E-state index contributed by atoms with van der Waals surface area (Å²) in [6, 6.07) is 0. The van der Waals surface area contributed by atoms with E-state index in [9.17, 15) is 0 Å². The maximum Gasteiger partial charge on any atom is 0.0786 e. The lowest BCUT2D eigenvalue weighted by Crippen LogP contribution is -2.51. The van der Waals surface area contributed by atoms with Gasteiger partial charge in [-0.2, -0.15) is 0 Å². The molecule has 0 atom stereocenters. The first-order valence-corrected chi connectivity index (χ1v) is 5.76. The molecule has 2 aliphatic rings. The van der Waals surface area contributed by atoms with Crippen LogP contribution in [0, 0.1) is 0 Å². The lowest BCUT2D eigenvalue weighted by atomic mass is 10.1. The zero-order valence-electron chi connectivity index (χ0n) is 8.67. The van der Waals surface area contributed by atoms with E-state index in [0.717, 1.165) is 0 Å². The zero-order valence-corrected chi connectivity index (χ0v) is 8.67. The van der Waals surface area contributed by atoms with Gasteiger partial charge in [-0.05, 0) is 44.9 Å². The van der Waals surface area contributed by atoms with Crippen LogP contribution in [0.3, 0.4) is 0 Å². The lowest BCUT2D eigenvalue weighted by Gasteiger charge is -2.40. The van der Waals surface area contributed by atoms with Gasteiger partial charge in [0.05, 0.1) is 26.2 Å². The number of hydrogen-bond donors (Lipinski definition) is 0. The normalized spacial score (nSPS) is 27.7. The molecular weight excluding hydrogens is 162 g/mol. The highest BCUT2D eigenvalue weighted by molar-refractivity contribution is 4.58. The summed E-state index contributed by atoms with van der Waals surface area (Å²) in [5.74, 6) is 0. The van der Waals surface area contributed by atoms with Crippen LogP contribution in [0.25, 0.3) is 0 Å². The Morgan fingerprint density at radius 3 is 1.15 bits per heavy atom. The van der Waals surface area contributed by atoms with Crippen molar-refractivity contribution in [2.24, 2.45) is 0 Å². The summed E-state index contributed by atoms with van der Waals surface area (Å²) in [6.07, 6.45) is 10.5. The molecule has 0 saturated carbocycles. The van der Waals surface area contributed by atoms with Crippen molar-refractivity contribution in [2.45, 2.75) is 44.9 Å². The van der Waals surface area contributed by atoms with Gasteiger partial charge in [0.15, 0.2) is 0 Å². The molecule has 13 heavy (non-hydrogen) atoms. The van der Waals surface area contributed by atoms with E-state index >= 15 is 0 Å². The molecule has 0 aromatic carbocycles. The fourth-order valence-electron chi connectivity index (χ4n) is 2.99. The van der Waals surface area contributed by atoms with Crippen molar-refractivity contribution in [2.75, 3.05) is 26.2 Å². The van der Waals surface area contributed by atoms with Gasteiger partial charge in [-0.15, -0.1) is 0 Å². The summed E-state index contributed by atoms with van der Waals surface area (Å²) in [6.45, 7) is 6.00. The van der Waals surface area contributed by atoms with E-state index in [1.54, 1.807) is 0 Å². The SMILES string of the molecule is C1CCC[N+]2(CC1)CCCCC2.[OH-]. The van der Waals surface area contributed by atoms with Gasteiger partial charge in [0, 0.05) is 0 Å². The second-order valence-electron chi connectivity index (χ2n) is 4.71. The summed E-state index contributed by atoms with van der Waals surface area (Å²) < 4.78 is 1.50. The molecule has 2 saturated heterocycles. The van der Waals surface area contributed by atoms with Crippen LogP contribution in [0.4, 0.5) is 0 Å². The van der Waals surface area contributed by atoms with Gasteiger partial charge in [0.25, 0.3) is 0 Å². The summed E-state index contributed by atoms with van der Waals surface area (Å²) >= 11 is 0. The molecule has 2 heteroatoms. The van der Waals surface area contributed by atoms with Crippen LogP contribution in [-0.2, 0) is 0 Å². The van der Waals surface area contributed by atoms with E-state index in [2.05, 4.69) is 0 Å². The van der Waals surface area contributed by atoms with Gasteiger partial charge in [-0.3, -0.25) is 0 Å². The first-order valence-electron chi connectivity index (χ1n) is 5.76. The van der Waals surface area contributed by atoms with E-state index in [1.165, 1.54) is 75.6 Å². The molecule has 78 valence electrons. The smallest absolute Gasteiger partial charge is 0.0786 e. The predicted molar refractivity (Wildman–Crippen MR) is 54.0 cm³/mol. The molecule has 0 radical (unpaired) electrons. The van der Waals surface area contributed by atoms with Crippen molar-refractivity contribution in [1.29, 1.82) is 0 Å². The van der Waals surface area contributed by atoms with E-state index in [4.69, 9.17) is 0 Å². The fourth-order valence-corrected chi connectivity index (χ4v) is 2.99. The molecule has 2 heterocycles. The summed E-state index contributed by atoms with van der Waals surface area (Å²) in [4.78, 5) is 0. The first-order chi connectivity index (χ1) is 5.91. The number of hydrogen-bond acceptors (Lipinski definition) is 1. The molecule has 1 N–H and O–H groups in total. The van der Waals surface area contributed by atoms with E-state index < -0.39 is 0 Å². The molecule has 2 fully saturated rings. The fraction of sp³-hybridized carbons (Fsp3) is 1.00. The second-order valence-corrected chi connectivity index (χ2v) is 4.71. The minimum absolute atomic E-state index is 0. The topological polar surface area (TPSA) is 30.0 Å². The van der Waals surface area contributed by atoms with Gasteiger partial charge in [0.2, 0.25) is 0 Å². The molecule has 0 amide bonds. The first kappa shape index (κ1) is 11.0. The Labute approximate surface area is 81.8 Å². The third-order valence-corrected chi connectivity index (χ3v) is 3.78. The Balaban J connectivity index is 0.000000845. The summed E-state index contributed by atoms with van der Waals surface area (Å²) in [5, 5.41) is 0. The molecule has 0 bridgehead atoms. The predicted octanol–water partition coefficient (Wildman–Crippen LogP) is 2.38. The van der Waals surface area contributed by atoms with Crippen LogP contribution in [-0.4, -0.2) is 36.1 Å². The van der Waals surface area contributed by atoms with Gasteiger partial charge in [0.1, 0.15) is 0 Å². The third kappa shape index (κ3) is 2.68. The third-order valence-electron chi connectivity index (χ3n) is 3.78. The lowest BCUT2D eigenvalue weighted by molar-refractivity contribution is -0.931. The van der Waals surface area contributed by atoms with Crippen molar-refractivity contribution in [3.8, 4) is 0 Å². The van der Waals surface area contributed by atoms with Crippen LogP contribution in [0.2, 0.25) is 0 Å². The molecule has 0 aliphatic carbocycles. The Morgan fingerprint density at radius 1 is 0.462 bits per heavy atom. The summed E-state index contributed by atoms with van der Waals surface area (Å²) in [7, 11) is 0. The molecule has 2 nitrogen and oxygen atoms in total. The van der Waals surface area contributed by atoms with Crippen molar-refractivity contribution >= 4 is 0 Å².